The normalized spacial score (nSPS) is 24.2. The van der Waals surface area contributed by atoms with Gasteiger partial charge < -0.3 is 20.4 Å². The van der Waals surface area contributed by atoms with Gasteiger partial charge in [-0.2, -0.15) is 0 Å². The molecule has 2 aromatic rings. The van der Waals surface area contributed by atoms with Gasteiger partial charge in [-0.25, -0.2) is 9.97 Å². The minimum Gasteiger partial charge on any atom is -0.369 e. The minimum atomic E-state index is 0.0280. The van der Waals surface area contributed by atoms with Crippen molar-refractivity contribution in [3.8, 4) is 0 Å². The van der Waals surface area contributed by atoms with Crippen LogP contribution in [0.3, 0.4) is 0 Å². The average molecular weight is 395 g/mol. The highest BCUT2D eigenvalue weighted by molar-refractivity contribution is 5.94. The van der Waals surface area contributed by atoms with E-state index < -0.39 is 0 Å². The maximum atomic E-state index is 12.5. The molecule has 29 heavy (non-hydrogen) atoms. The molecule has 0 spiro atoms. The second-order valence-electron chi connectivity index (χ2n) is 8.11. The van der Waals surface area contributed by atoms with Crippen LogP contribution in [0.4, 0.5) is 17.3 Å². The maximum Gasteiger partial charge on any atom is 0.224 e. The first-order valence-electron chi connectivity index (χ1n) is 10.4. The highest BCUT2D eigenvalue weighted by Gasteiger charge is 2.38. The van der Waals surface area contributed by atoms with Gasteiger partial charge in [-0.1, -0.05) is 6.92 Å². The minimum absolute atomic E-state index is 0.0280. The summed E-state index contributed by atoms with van der Waals surface area (Å²) in [5.41, 5.74) is 4.24. The second kappa shape index (κ2) is 7.99. The van der Waals surface area contributed by atoms with E-state index in [1.54, 1.807) is 13.1 Å². The summed E-state index contributed by atoms with van der Waals surface area (Å²) in [6.45, 7) is 11.9. The Morgan fingerprint density at radius 3 is 2.66 bits per heavy atom. The third-order valence-corrected chi connectivity index (χ3v) is 6.20. The number of hydrogen-bond donors (Lipinski definition) is 2. The van der Waals surface area contributed by atoms with Crippen LogP contribution in [-0.2, 0) is 4.79 Å². The van der Waals surface area contributed by atoms with Gasteiger partial charge in [0.25, 0.3) is 0 Å². The topological polar surface area (TPSA) is 73.4 Å². The van der Waals surface area contributed by atoms with Crippen LogP contribution in [0.5, 0.6) is 0 Å². The molecule has 0 aliphatic carbocycles. The fourth-order valence-electron chi connectivity index (χ4n) is 4.47. The van der Waals surface area contributed by atoms with Crippen molar-refractivity contribution < 1.29 is 4.79 Å². The summed E-state index contributed by atoms with van der Waals surface area (Å²) >= 11 is 0. The molecule has 2 aliphatic rings. The molecule has 2 aliphatic heterocycles. The lowest BCUT2D eigenvalue weighted by molar-refractivity contribution is -0.117. The molecule has 0 bridgehead atoms. The van der Waals surface area contributed by atoms with E-state index in [2.05, 4.69) is 57.5 Å². The van der Waals surface area contributed by atoms with E-state index >= 15 is 0 Å². The zero-order valence-corrected chi connectivity index (χ0v) is 17.6. The lowest BCUT2D eigenvalue weighted by Gasteiger charge is -2.44. The number of piperazine rings is 1. The van der Waals surface area contributed by atoms with Crippen LogP contribution in [0.25, 0.3) is 0 Å². The molecule has 0 unspecified atom stereocenters. The predicted octanol–water partition coefficient (Wildman–Crippen LogP) is 2.74. The third kappa shape index (κ3) is 3.79. The fraction of sp³-hybridized carbons (Fsp3) is 0.500. The zero-order chi connectivity index (χ0) is 20.5. The molecule has 0 radical (unpaired) electrons. The van der Waals surface area contributed by atoms with E-state index in [1.165, 1.54) is 5.69 Å². The standard InChI is InChI=1S/C22H30N6O/c1-14-7-8-24-22(25-14)26-21-15(2)16(3)28(17(4)29)20-6-5-18(13-19(20)21)27-11-9-23-10-12-27/h5-8,13,15-16,21,23H,9-12H2,1-4H3,(H,24,25,26)/t15-,16-,21+/m0/s1. The monoisotopic (exact) mass is 394 g/mol. The second-order valence-corrected chi connectivity index (χ2v) is 8.11. The predicted molar refractivity (Wildman–Crippen MR) is 116 cm³/mol. The van der Waals surface area contributed by atoms with Crippen molar-refractivity contribution in [2.45, 2.75) is 39.8 Å². The summed E-state index contributed by atoms with van der Waals surface area (Å²) in [7, 11) is 0. The molecular formula is C22H30N6O. The summed E-state index contributed by atoms with van der Waals surface area (Å²) in [6.07, 6.45) is 1.78. The van der Waals surface area contributed by atoms with Crippen LogP contribution >= 0.6 is 0 Å². The first kappa shape index (κ1) is 19.6. The first-order chi connectivity index (χ1) is 14.0. The van der Waals surface area contributed by atoms with Crippen molar-refractivity contribution >= 4 is 23.2 Å². The quantitative estimate of drug-likeness (QED) is 0.834. The van der Waals surface area contributed by atoms with Crippen molar-refractivity contribution in [1.29, 1.82) is 0 Å². The van der Waals surface area contributed by atoms with Gasteiger partial charge in [0.2, 0.25) is 11.9 Å². The van der Waals surface area contributed by atoms with Crippen LogP contribution < -0.4 is 20.4 Å². The van der Waals surface area contributed by atoms with Crippen molar-refractivity contribution in [2.24, 2.45) is 5.92 Å². The molecule has 7 nitrogen and oxygen atoms in total. The van der Waals surface area contributed by atoms with Crippen LogP contribution in [-0.4, -0.2) is 48.1 Å². The molecular weight excluding hydrogens is 364 g/mol. The summed E-state index contributed by atoms with van der Waals surface area (Å²) in [5, 5.41) is 6.96. The Bertz CT molecular complexity index is 895. The molecule has 154 valence electrons. The summed E-state index contributed by atoms with van der Waals surface area (Å²) in [4.78, 5) is 25.8. The van der Waals surface area contributed by atoms with E-state index in [0.717, 1.165) is 43.1 Å². The van der Waals surface area contributed by atoms with Crippen LogP contribution in [0.2, 0.25) is 0 Å². The third-order valence-electron chi connectivity index (χ3n) is 6.20. The number of carbonyl (C=O) groups excluding carboxylic acids is 1. The van der Waals surface area contributed by atoms with Gasteiger partial charge in [0.1, 0.15) is 0 Å². The van der Waals surface area contributed by atoms with Crippen molar-refractivity contribution in [2.75, 3.05) is 41.3 Å². The van der Waals surface area contributed by atoms with Gasteiger partial charge in [-0.15, -0.1) is 0 Å². The van der Waals surface area contributed by atoms with Crippen molar-refractivity contribution in [3.63, 3.8) is 0 Å². The molecule has 1 aromatic heterocycles. The van der Waals surface area contributed by atoms with Crippen molar-refractivity contribution in [1.82, 2.24) is 15.3 Å². The Morgan fingerprint density at radius 2 is 1.97 bits per heavy atom. The van der Waals surface area contributed by atoms with Gasteiger partial charge in [0, 0.05) is 73.9 Å². The fourth-order valence-corrected chi connectivity index (χ4v) is 4.47. The summed E-state index contributed by atoms with van der Waals surface area (Å²) in [5.74, 6) is 0.906. The molecule has 3 atom stereocenters. The maximum absolute atomic E-state index is 12.5. The number of hydrogen-bond acceptors (Lipinski definition) is 6. The lowest BCUT2D eigenvalue weighted by Crippen LogP contribution is -2.48. The van der Waals surface area contributed by atoms with Gasteiger partial charge in [-0.3, -0.25) is 4.79 Å². The molecule has 1 saturated heterocycles. The molecule has 1 amide bonds. The Balaban J connectivity index is 1.76. The number of anilines is 3. The summed E-state index contributed by atoms with van der Waals surface area (Å²) in [6, 6.07) is 8.48. The van der Waals surface area contributed by atoms with Gasteiger partial charge in [0.05, 0.1) is 6.04 Å². The Hall–Kier alpha value is -2.67. The first-order valence-corrected chi connectivity index (χ1v) is 10.4. The van der Waals surface area contributed by atoms with Crippen LogP contribution in [0, 0.1) is 12.8 Å². The average Bonchev–Trinajstić information content (AvgIpc) is 2.72. The Kier molecular flexibility index (Phi) is 5.41. The molecule has 4 rings (SSSR count). The largest absolute Gasteiger partial charge is 0.369 e. The van der Waals surface area contributed by atoms with Crippen LogP contribution in [0.1, 0.15) is 38.1 Å². The molecule has 1 fully saturated rings. The number of fused-ring (bicyclic) bond motifs is 1. The number of nitrogens with one attached hydrogen (secondary N) is 2. The molecule has 1 aromatic carbocycles. The van der Waals surface area contributed by atoms with E-state index in [9.17, 15) is 4.79 Å². The molecule has 3 heterocycles. The SMILES string of the molecule is CC(=O)N1c2ccc(N3CCNCC3)cc2[C@H](Nc2nccc(C)n2)[C@@H](C)[C@@H]1C. The molecule has 0 saturated carbocycles. The number of aryl methyl sites for hydroxylation is 1. The Morgan fingerprint density at radius 1 is 1.21 bits per heavy atom. The van der Waals surface area contributed by atoms with E-state index in [4.69, 9.17) is 0 Å². The lowest BCUT2D eigenvalue weighted by atomic mass is 9.82. The highest BCUT2D eigenvalue weighted by atomic mass is 16.2. The van der Waals surface area contributed by atoms with E-state index in [1.807, 2.05) is 17.9 Å². The number of aromatic nitrogens is 2. The number of rotatable bonds is 3. The number of carbonyl (C=O) groups is 1. The van der Waals surface area contributed by atoms with Crippen molar-refractivity contribution in [3.05, 3.63) is 41.7 Å². The number of benzene rings is 1. The van der Waals surface area contributed by atoms with Gasteiger partial charge in [0.15, 0.2) is 0 Å². The van der Waals surface area contributed by atoms with Gasteiger partial charge in [-0.05, 0) is 38.1 Å². The molecule has 7 heteroatoms. The van der Waals surface area contributed by atoms with Crippen LogP contribution in [0.15, 0.2) is 30.5 Å². The Labute approximate surface area is 172 Å². The smallest absolute Gasteiger partial charge is 0.224 e. The number of amides is 1. The highest BCUT2D eigenvalue weighted by Crippen LogP contribution is 2.43. The van der Waals surface area contributed by atoms with Gasteiger partial charge >= 0.3 is 0 Å². The zero-order valence-electron chi connectivity index (χ0n) is 17.6. The van der Waals surface area contributed by atoms with E-state index in [-0.39, 0.29) is 23.9 Å². The summed E-state index contributed by atoms with van der Waals surface area (Å²) < 4.78 is 0. The van der Waals surface area contributed by atoms with E-state index in [0.29, 0.717) is 5.95 Å². The molecule has 2 N–H and O–H groups in total. The number of nitrogens with zero attached hydrogens (tertiary/aromatic N) is 4.